The van der Waals surface area contributed by atoms with Gasteiger partial charge in [0.1, 0.15) is 16.7 Å². The Balaban J connectivity index is 1.88. The second kappa shape index (κ2) is 6.67. The molecule has 3 nitrogen and oxygen atoms in total. The molecule has 112 valence electrons. The number of hydrogen-bond acceptors (Lipinski definition) is 2. The molecule has 1 heterocycles. The van der Waals surface area contributed by atoms with E-state index < -0.39 is 0 Å². The highest BCUT2D eigenvalue weighted by molar-refractivity contribution is 6.29. The van der Waals surface area contributed by atoms with Crippen LogP contribution in [0, 0.1) is 0 Å². The van der Waals surface area contributed by atoms with E-state index in [0.29, 0.717) is 18.3 Å². The maximum Gasteiger partial charge on any atom is 0.141 e. The molecule has 0 amide bonds. The summed E-state index contributed by atoms with van der Waals surface area (Å²) in [5.41, 5.74) is 2.21. The maximum atomic E-state index is 6.30. The quantitative estimate of drug-likeness (QED) is 0.685. The molecule has 3 rings (SSSR count). The van der Waals surface area contributed by atoms with Gasteiger partial charge in [0.2, 0.25) is 0 Å². The summed E-state index contributed by atoms with van der Waals surface area (Å²) >= 11 is 6.30. The first-order valence-electron chi connectivity index (χ1n) is 7.26. The SMILES string of the molecule is CCOc1ccc(Cn2c(Cl)cnc2-c2ccccc2)cc1. The molecule has 0 N–H and O–H groups in total. The third-order valence-electron chi connectivity index (χ3n) is 3.41. The van der Waals surface area contributed by atoms with Gasteiger partial charge < -0.3 is 9.30 Å². The van der Waals surface area contributed by atoms with Crippen LogP contribution in [0.5, 0.6) is 5.75 Å². The van der Waals surface area contributed by atoms with Crippen LogP contribution < -0.4 is 4.74 Å². The number of nitrogens with zero attached hydrogens (tertiary/aromatic N) is 2. The predicted molar refractivity (Wildman–Crippen MR) is 89.4 cm³/mol. The lowest BCUT2D eigenvalue weighted by Crippen LogP contribution is -2.02. The van der Waals surface area contributed by atoms with E-state index in [4.69, 9.17) is 16.3 Å². The molecule has 0 saturated carbocycles. The lowest BCUT2D eigenvalue weighted by atomic mass is 10.2. The summed E-state index contributed by atoms with van der Waals surface area (Å²) in [6.07, 6.45) is 1.69. The van der Waals surface area contributed by atoms with E-state index in [1.807, 2.05) is 54.0 Å². The minimum atomic E-state index is 0.632. The Kier molecular flexibility index (Phi) is 4.45. The third kappa shape index (κ3) is 3.15. The van der Waals surface area contributed by atoms with Crippen LogP contribution >= 0.6 is 11.6 Å². The Morgan fingerprint density at radius 3 is 2.45 bits per heavy atom. The topological polar surface area (TPSA) is 27.1 Å². The molecule has 0 spiro atoms. The molecule has 0 saturated heterocycles. The van der Waals surface area contributed by atoms with Crippen molar-refractivity contribution in [3.8, 4) is 17.1 Å². The van der Waals surface area contributed by atoms with E-state index in [-0.39, 0.29) is 0 Å². The van der Waals surface area contributed by atoms with E-state index in [0.717, 1.165) is 22.7 Å². The summed E-state index contributed by atoms with van der Waals surface area (Å²) in [7, 11) is 0. The zero-order valence-corrected chi connectivity index (χ0v) is 13.1. The van der Waals surface area contributed by atoms with E-state index in [1.165, 1.54) is 0 Å². The molecule has 0 atom stereocenters. The molecule has 22 heavy (non-hydrogen) atoms. The Morgan fingerprint density at radius 2 is 1.77 bits per heavy atom. The minimum Gasteiger partial charge on any atom is -0.494 e. The molecule has 0 aliphatic rings. The van der Waals surface area contributed by atoms with Gasteiger partial charge in [-0.25, -0.2) is 4.98 Å². The highest BCUT2D eigenvalue weighted by Gasteiger charge is 2.10. The molecule has 0 aliphatic carbocycles. The number of imidazole rings is 1. The van der Waals surface area contributed by atoms with E-state index in [2.05, 4.69) is 17.1 Å². The minimum absolute atomic E-state index is 0.632. The first kappa shape index (κ1) is 14.7. The van der Waals surface area contributed by atoms with Crippen molar-refractivity contribution in [1.29, 1.82) is 0 Å². The Bertz CT molecular complexity index is 736. The molecule has 3 aromatic rings. The molecule has 2 aromatic carbocycles. The van der Waals surface area contributed by atoms with Crippen molar-refractivity contribution >= 4 is 11.6 Å². The van der Waals surface area contributed by atoms with E-state index in [9.17, 15) is 0 Å². The third-order valence-corrected chi connectivity index (χ3v) is 3.72. The van der Waals surface area contributed by atoms with Gasteiger partial charge in [-0.2, -0.15) is 0 Å². The van der Waals surface area contributed by atoms with Gasteiger partial charge in [0.15, 0.2) is 0 Å². The number of halogens is 1. The lowest BCUT2D eigenvalue weighted by molar-refractivity contribution is 0.340. The fourth-order valence-corrected chi connectivity index (χ4v) is 2.55. The summed E-state index contributed by atoms with van der Waals surface area (Å²) in [5.74, 6) is 1.76. The van der Waals surface area contributed by atoms with E-state index in [1.54, 1.807) is 6.20 Å². The summed E-state index contributed by atoms with van der Waals surface area (Å²) in [5, 5.41) is 0.632. The zero-order valence-electron chi connectivity index (χ0n) is 12.4. The highest BCUT2D eigenvalue weighted by Crippen LogP contribution is 2.24. The molecule has 0 aliphatic heterocycles. The van der Waals surface area contributed by atoms with Gasteiger partial charge >= 0.3 is 0 Å². The van der Waals surface area contributed by atoms with Crippen molar-refractivity contribution in [2.75, 3.05) is 6.61 Å². The van der Waals surface area contributed by atoms with Gasteiger partial charge in [0, 0.05) is 5.56 Å². The van der Waals surface area contributed by atoms with Crippen LogP contribution in [0.1, 0.15) is 12.5 Å². The normalized spacial score (nSPS) is 10.6. The maximum absolute atomic E-state index is 6.30. The molecular weight excluding hydrogens is 296 g/mol. The lowest BCUT2D eigenvalue weighted by Gasteiger charge is -2.10. The molecule has 0 radical (unpaired) electrons. The molecule has 0 fully saturated rings. The van der Waals surface area contributed by atoms with Crippen molar-refractivity contribution in [2.24, 2.45) is 0 Å². The zero-order chi connectivity index (χ0) is 15.4. The van der Waals surface area contributed by atoms with Crippen molar-refractivity contribution in [2.45, 2.75) is 13.5 Å². The Labute approximate surface area is 135 Å². The first-order valence-corrected chi connectivity index (χ1v) is 7.64. The van der Waals surface area contributed by atoms with Crippen LogP contribution in [0.25, 0.3) is 11.4 Å². The van der Waals surface area contributed by atoms with Crippen molar-refractivity contribution in [3.05, 3.63) is 71.5 Å². The largest absolute Gasteiger partial charge is 0.494 e. The number of aromatic nitrogens is 2. The average molecular weight is 313 g/mol. The van der Waals surface area contributed by atoms with Crippen molar-refractivity contribution < 1.29 is 4.74 Å². The Morgan fingerprint density at radius 1 is 1.05 bits per heavy atom. The average Bonchev–Trinajstić information content (AvgIpc) is 2.91. The predicted octanol–water partition coefficient (Wildman–Crippen LogP) is 4.65. The van der Waals surface area contributed by atoms with Gasteiger partial charge in [0.25, 0.3) is 0 Å². The van der Waals surface area contributed by atoms with Gasteiger partial charge in [-0.1, -0.05) is 54.1 Å². The fraction of sp³-hybridized carbons (Fsp3) is 0.167. The second-order valence-electron chi connectivity index (χ2n) is 4.93. The number of rotatable bonds is 5. The summed E-state index contributed by atoms with van der Waals surface area (Å²) in [4.78, 5) is 4.44. The summed E-state index contributed by atoms with van der Waals surface area (Å²) in [6, 6.07) is 18.1. The van der Waals surface area contributed by atoms with Gasteiger partial charge in [0.05, 0.1) is 19.3 Å². The van der Waals surface area contributed by atoms with E-state index >= 15 is 0 Å². The molecule has 0 unspecified atom stereocenters. The van der Waals surface area contributed by atoms with Crippen LogP contribution in [0.2, 0.25) is 5.15 Å². The summed E-state index contributed by atoms with van der Waals surface area (Å²) in [6.45, 7) is 3.33. The fourth-order valence-electron chi connectivity index (χ4n) is 2.36. The monoisotopic (exact) mass is 312 g/mol. The number of benzene rings is 2. The van der Waals surface area contributed by atoms with Crippen LogP contribution in [-0.2, 0) is 6.54 Å². The van der Waals surface area contributed by atoms with Crippen LogP contribution in [0.4, 0.5) is 0 Å². The molecule has 0 bridgehead atoms. The smallest absolute Gasteiger partial charge is 0.141 e. The number of ether oxygens (including phenoxy) is 1. The number of hydrogen-bond donors (Lipinski definition) is 0. The van der Waals surface area contributed by atoms with Gasteiger partial charge in [-0.15, -0.1) is 0 Å². The second-order valence-corrected chi connectivity index (χ2v) is 5.32. The standard InChI is InChI=1S/C18H17ClN2O/c1-2-22-16-10-8-14(9-11-16)13-21-17(19)12-20-18(21)15-6-4-3-5-7-15/h3-12H,2,13H2,1H3. The van der Waals surface area contributed by atoms with Crippen molar-refractivity contribution in [1.82, 2.24) is 9.55 Å². The Hall–Kier alpha value is -2.26. The first-order chi connectivity index (χ1) is 10.8. The van der Waals surface area contributed by atoms with Crippen molar-refractivity contribution in [3.63, 3.8) is 0 Å². The summed E-state index contributed by atoms with van der Waals surface area (Å²) < 4.78 is 7.47. The highest BCUT2D eigenvalue weighted by atomic mass is 35.5. The van der Waals surface area contributed by atoms with Crippen LogP contribution in [-0.4, -0.2) is 16.2 Å². The molecule has 1 aromatic heterocycles. The molecule has 4 heteroatoms. The van der Waals surface area contributed by atoms with Gasteiger partial charge in [-0.3, -0.25) is 0 Å². The van der Waals surface area contributed by atoms with Crippen LogP contribution in [0.15, 0.2) is 60.8 Å². The molecular formula is C18H17ClN2O. The van der Waals surface area contributed by atoms with Crippen LogP contribution in [0.3, 0.4) is 0 Å². The van der Waals surface area contributed by atoms with Gasteiger partial charge in [-0.05, 0) is 24.6 Å².